The standard InChI is InChI=1S/C16H14ClF3N4O2/c1-10-6-15(25)24-14(7-13(22-24)26-5-4-16(18,19)20)23(10)9-11-2-3-12(17)21-8-11/h2-3,6-8H,4-5,9H2,1H3. The molecule has 0 bridgehead atoms. The first-order valence-corrected chi connectivity index (χ1v) is 8.01. The summed E-state index contributed by atoms with van der Waals surface area (Å²) >= 11 is 5.78. The Morgan fingerprint density at radius 3 is 2.69 bits per heavy atom. The molecule has 0 N–H and O–H groups in total. The molecule has 0 aliphatic heterocycles. The average molecular weight is 387 g/mol. The largest absolute Gasteiger partial charge is 0.476 e. The fraction of sp³-hybridized carbons (Fsp3) is 0.312. The third-order valence-electron chi connectivity index (χ3n) is 3.68. The molecule has 3 rings (SSSR count). The lowest BCUT2D eigenvalue weighted by molar-refractivity contribution is -0.139. The number of hydrogen-bond donors (Lipinski definition) is 0. The summed E-state index contributed by atoms with van der Waals surface area (Å²) in [6.07, 6.45) is -3.81. The highest BCUT2D eigenvalue weighted by Crippen LogP contribution is 2.21. The SMILES string of the molecule is Cc1cc(=O)n2nc(OCCC(F)(F)F)cc2n1Cc1ccc(Cl)nc1. The third kappa shape index (κ3) is 4.16. The van der Waals surface area contributed by atoms with Gasteiger partial charge in [0.05, 0.1) is 19.6 Å². The molecule has 0 fully saturated rings. The molecule has 0 amide bonds. The van der Waals surface area contributed by atoms with Crippen molar-refractivity contribution in [2.45, 2.75) is 26.1 Å². The van der Waals surface area contributed by atoms with E-state index in [2.05, 4.69) is 10.1 Å². The van der Waals surface area contributed by atoms with Crippen LogP contribution in [0, 0.1) is 6.92 Å². The molecule has 138 valence electrons. The van der Waals surface area contributed by atoms with Crippen LogP contribution in [-0.4, -0.2) is 31.9 Å². The summed E-state index contributed by atoms with van der Waals surface area (Å²) in [5.41, 5.74) is 1.52. The Morgan fingerprint density at radius 2 is 2.04 bits per heavy atom. The van der Waals surface area contributed by atoms with Crippen LogP contribution in [0.1, 0.15) is 17.7 Å². The number of aryl methyl sites for hydroxylation is 1. The molecule has 6 nitrogen and oxygen atoms in total. The molecule has 3 heterocycles. The second-order valence-electron chi connectivity index (χ2n) is 5.67. The van der Waals surface area contributed by atoms with Crippen molar-refractivity contribution in [3.05, 3.63) is 57.2 Å². The highest BCUT2D eigenvalue weighted by Gasteiger charge is 2.27. The summed E-state index contributed by atoms with van der Waals surface area (Å²) in [6, 6.07) is 6.27. The van der Waals surface area contributed by atoms with Gasteiger partial charge < -0.3 is 9.30 Å². The van der Waals surface area contributed by atoms with E-state index >= 15 is 0 Å². The first-order valence-electron chi connectivity index (χ1n) is 7.63. The second-order valence-corrected chi connectivity index (χ2v) is 6.05. The average Bonchev–Trinajstić information content (AvgIpc) is 2.96. The molecule has 0 saturated carbocycles. The van der Waals surface area contributed by atoms with Crippen LogP contribution in [0.4, 0.5) is 13.2 Å². The van der Waals surface area contributed by atoms with E-state index in [0.717, 1.165) is 10.1 Å². The molecular formula is C16H14ClF3N4O2. The van der Waals surface area contributed by atoms with Gasteiger partial charge in [-0.25, -0.2) is 4.98 Å². The van der Waals surface area contributed by atoms with Gasteiger partial charge in [0.1, 0.15) is 10.8 Å². The van der Waals surface area contributed by atoms with Crippen molar-refractivity contribution in [2.24, 2.45) is 0 Å². The molecule has 0 aliphatic carbocycles. The number of alkyl halides is 3. The fourth-order valence-electron chi connectivity index (χ4n) is 2.43. The minimum atomic E-state index is -4.32. The van der Waals surface area contributed by atoms with E-state index in [0.29, 0.717) is 23.0 Å². The third-order valence-corrected chi connectivity index (χ3v) is 3.90. The smallest absolute Gasteiger partial charge is 0.392 e. The molecule has 0 atom stereocenters. The van der Waals surface area contributed by atoms with Gasteiger partial charge in [-0.1, -0.05) is 17.7 Å². The number of ether oxygens (including phenoxy) is 1. The number of pyridine rings is 1. The van der Waals surface area contributed by atoms with Gasteiger partial charge in [0.15, 0.2) is 0 Å². The number of hydrogen-bond acceptors (Lipinski definition) is 4. The maximum absolute atomic E-state index is 12.2. The topological polar surface area (TPSA) is 61.4 Å². The zero-order chi connectivity index (χ0) is 18.9. The molecule has 0 unspecified atom stereocenters. The Morgan fingerprint density at radius 1 is 1.27 bits per heavy atom. The van der Waals surface area contributed by atoms with E-state index in [1.165, 1.54) is 12.1 Å². The number of nitrogens with zero attached hydrogens (tertiary/aromatic N) is 4. The zero-order valence-corrected chi connectivity index (χ0v) is 14.4. The summed E-state index contributed by atoms with van der Waals surface area (Å²) in [6.45, 7) is 1.57. The number of halogens is 4. The van der Waals surface area contributed by atoms with Gasteiger partial charge in [0.25, 0.3) is 5.56 Å². The molecule has 3 aromatic heterocycles. The Labute approximate surface area is 150 Å². The molecule has 0 radical (unpaired) electrons. The van der Waals surface area contributed by atoms with E-state index < -0.39 is 24.8 Å². The Balaban J connectivity index is 1.92. The van der Waals surface area contributed by atoms with Crippen LogP contribution < -0.4 is 10.3 Å². The lowest BCUT2D eigenvalue weighted by Crippen LogP contribution is -2.20. The molecular weight excluding hydrogens is 373 g/mol. The van der Waals surface area contributed by atoms with Crippen molar-refractivity contribution in [2.75, 3.05) is 6.61 Å². The lowest BCUT2D eigenvalue weighted by atomic mass is 10.2. The first-order chi connectivity index (χ1) is 12.2. The quantitative estimate of drug-likeness (QED) is 0.632. The second kappa shape index (κ2) is 6.99. The molecule has 0 spiro atoms. The van der Waals surface area contributed by atoms with Gasteiger partial charge in [-0.2, -0.15) is 17.7 Å². The fourth-order valence-corrected chi connectivity index (χ4v) is 2.55. The van der Waals surface area contributed by atoms with Crippen molar-refractivity contribution in [3.63, 3.8) is 0 Å². The van der Waals surface area contributed by atoms with Crippen molar-refractivity contribution < 1.29 is 17.9 Å². The first kappa shape index (κ1) is 18.2. The van der Waals surface area contributed by atoms with Crippen LogP contribution >= 0.6 is 11.6 Å². The summed E-state index contributed by atoms with van der Waals surface area (Å²) in [7, 11) is 0. The maximum atomic E-state index is 12.2. The van der Waals surface area contributed by atoms with Gasteiger partial charge in [-0.3, -0.25) is 4.79 Å². The Hall–Kier alpha value is -2.55. The van der Waals surface area contributed by atoms with Crippen LogP contribution in [0.2, 0.25) is 5.15 Å². The summed E-state index contributed by atoms with van der Waals surface area (Å²) in [5.74, 6) is -0.0417. The van der Waals surface area contributed by atoms with Crippen LogP contribution in [-0.2, 0) is 6.54 Å². The monoisotopic (exact) mass is 386 g/mol. The minimum absolute atomic E-state index is 0.0417. The van der Waals surface area contributed by atoms with Gasteiger partial charge in [0, 0.05) is 24.0 Å². The van der Waals surface area contributed by atoms with Gasteiger partial charge in [-0.15, -0.1) is 5.10 Å². The van der Waals surface area contributed by atoms with Crippen LogP contribution in [0.3, 0.4) is 0 Å². The van der Waals surface area contributed by atoms with Gasteiger partial charge in [-0.05, 0) is 18.6 Å². The highest BCUT2D eigenvalue weighted by atomic mass is 35.5. The molecule has 3 aromatic rings. The molecule has 0 aliphatic rings. The van der Waals surface area contributed by atoms with Crippen molar-refractivity contribution >= 4 is 17.2 Å². The molecule has 10 heteroatoms. The van der Waals surface area contributed by atoms with Crippen LogP contribution in [0.15, 0.2) is 35.3 Å². The zero-order valence-electron chi connectivity index (χ0n) is 13.6. The molecule has 0 saturated heterocycles. The van der Waals surface area contributed by atoms with Gasteiger partial charge >= 0.3 is 6.18 Å². The van der Waals surface area contributed by atoms with Crippen molar-refractivity contribution in [1.29, 1.82) is 0 Å². The normalized spacial score (nSPS) is 11.9. The number of aromatic nitrogens is 4. The van der Waals surface area contributed by atoms with E-state index in [4.69, 9.17) is 16.3 Å². The van der Waals surface area contributed by atoms with Crippen LogP contribution in [0.5, 0.6) is 5.88 Å². The number of fused-ring (bicyclic) bond motifs is 1. The predicted molar refractivity (Wildman–Crippen MR) is 88.7 cm³/mol. The lowest BCUT2D eigenvalue weighted by Gasteiger charge is -2.12. The van der Waals surface area contributed by atoms with E-state index in [1.807, 2.05) is 0 Å². The molecule has 26 heavy (non-hydrogen) atoms. The highest BCUT2D eigenvalue weighted by molar-refractivity contribution is 6.29. The van der Waals surface area contributed by atoms with Crippen LogP contribution in [0.25, 0.3) is 5.65 Å². The molecule has 0 aromatic carbocycles. The minimum Gasteiger partial charge on any atom is -0.476 e. The summed E-state index contributed by atoms with van der Waals surface area (Å²) < 4.78 is 44.7. The summed E-state index contributed by atoms with van der Waals surface area (Å²) in [5, 5.41) is 4.31. The van der Waals surface area contributed by atoms with Gasteiger partial charge in [0.2, 0.25) is 5.88 Å². The number of rotatable bonds is 5. The Kier molecular flexibility index (Phi) is 4.90. The van der Waals surface area contributed by atoms with E-state index in [1.54, 1.807) is 29.8 Å². The van der Waals surface area contributed by atoms with E-state index in [-0.39, 0.29) is 5.88 Å². The van der Waals surface area contributed by atoms with E-state index in [9.17, 15) is 18.0 Å². The predicted octanol–water partition coefficient (Wildman–Crippen LogP) is 3.23. The maximum Gasteiger partial charge on any atom is 0.392 e. The van der Waals surface area contributed by atoms with Crippen molar-refractivity contribution in [3.8, 4) is 5.88 Å². The summed E-state index contributed by atoms with van der Waals surface area (Å²) in [4.78, 5) is 16.1. The Bertz CT molecular complexity index is 980. The van der Waals surface area contributed by atoms with Crippen molar-refractivity contribution in [1.82, 2.24) is 19.2 Å².